The molecule has 1 fully saturated rings. The van der Waals surface area contributed by atoms with E-state index in [1.54, 1.807) is 0 Å². The zero-order valence-corrected chi connectivity index (χ0v) is 6.71. The number of nitrogens with zero attached hydrogens (tertiary/aromatic N) is 1. The second-order valence-corrected chi connectivity index (χ2v) is 2.81. The van der Waals surface area contributed by atoms with Crippen molar-refractivity contribution in [2.45, 2.75) is 19.8 Å². The molecule has 1 heterocycles. The van der Waals surface area contributed by atoms with Gasteiger partial charge in [0.2, 0.25) is 0 Å². The number of aliphatic hydroxyl groups excluding tert-OH is 1. The summed E-state index contributed by atoms with van der Waals surface area (Å²) in [6.45, 7) is 3.18. The fraction of sp³-hybridized carbons (Fsp3) is 0.625. The van der Waals surface area contributed by atoms with Crippen LogP contribution in [-0.4, -0.2) is 28.9 Å². The van der Waals surface area contributed by atoms with E-state index in [0.717, 1.165) is 25.9 Å². The Balaban J connectivity index is 2.51. The Morgan fingerprint density at radius 3 is 2.45 bits per heavy atom. The molecule has 0 spiro atoms. The number of hydrogen-bond donors (Lipinski definition) is 1. The molecule has 1 aliphatic heterocycles. The number of aliphatic hydroxyl groups is 1. The number of hydrogen-bond acceptors (Lipinski definition) is 3. The highest BCUT2D eigenvalue weighted by atomic mass is 16.3. The van der Waals surface area contributed by atoms with E-state index < -0.39 is 0 Å². The van der Waals surface area contributed by atoms with Gasteiger partial charge >= 0.3 is 0 Å². The Labute approximate surface area is 66.3 Å². The SMILES string of the molecule is CC(=O)/C=C(\O)N1CCCC1. The minimum absolute atomic E-state index is 0.102. The Bertz CT molecular complexity index is 181. The van der Waals surface area contributed by atoms with Crippen molar-refractivity contribution in [3.05, 3.63) is 12.0 Å². The maximum Gasteiger partial charge on any atom is 0.190 e. The van der Waals surface area contributed by atoms with E-state index >= 15 is 0 Å². The zero-order valence-electron chi connectivity index (χ0n) is 6.71. The van der Waals surface area contributed by atoms with Gasteiger partial charge in [-0.2, -0.15) is 0 Å². The van der Waals surface area contributed by atoms with Crippen LogP contribution in [0.15, 0.2) is 12.0 Å². The van der Waals surface area contributed by atoms with Crippen molar-refractivity contribution in [1.29, 1.82) is 0 Å². The minimum Gasteiger partial charge on any atom is -0.495 e. The monoisotopic (exact) mass is 155 g/mol. The van der Waals surface area contributed by atoms with Gasteiger partial charge in [0.1, 0.15) is 0 Å². The zero-order chi connectivity index (χ0) is 8.27. The summed E-state index contributed by atoms with van der Waals surface area (Å²) in [6.07, 6.45) is 3.48. The minimum atomic E-state index is -0.102. The third-order valence-corrected chi connectivity index (χ3v) is 1.76. The van der Waals surface area contributed by atoms with Crippen LogP contribution in [0, 0.1) is 0 Å². The van der Waals surface area contributed by atoms with E-state index in [1.807, 2.05) is 4.90 Å². The molecule has 0 aliphatic carbocycles. The molecule has 0 atom stereocenters. The van der Waals surface area contributed by atoms with E-state index in [0.29, 0.717) is 0 Å². The molecule has 11 heavy (non-hydrogen) atoms. The second kappa shape index (κ2) is 3.42. The van der Waals surface area contributed by atoms with Crippen LogP contribution in [0.4, 0.5) is 0 Å². The predicted molar refractivity (Wildman–Crippen MR) is 42.2 cm³/mol. The van der Waals surface area contributed by atoms with Gasteiger partial charge in [-0.05, 0) is 19.8 Å². The Morgan fingerprint density at radius 1 is 1.45 bits per heavy atom. The second-order valence-electron chi connectivity index (χ2n) is 2.81. The molecule has 0 bridgehead atoms. The van der Waals surface area contributed by atoms with Crippen LogP contribution >= 0.6 is 0 Å². The molecule has 3 nitrogen and oxygen atoms in total. The molecule has 0 unspecified atom stereocenters. The first-order valence-electron chi connectivity index (χ1n) is 3.86. The van der Waals surface area contributed by atoms with E-state index in [4.69, 9.17) is 0 Å². The number of carbonyl (C=O) groups excluding carboxylic acids is 1. The van der Waals surface area contributed by atoms with Crippen LogP contribution in [0.1, 0.15) is 19.8 Å². The van der Waals surface area contributed by atoms with Gasteiger partial charge in [0, 0.05) is 19.2 Å². The lowest BCUT2D eigenvalue weighted by atomic mass is 10.4. The summed E-state index contributed by atoms with van der Waals surface area (Å²) in [5.41, 5.74) is 0. The Morgan fingerprint density at radius 2 is 2.00 bits per heavy atom. The van der Waals surface area contributed by atoms with Crippen LogP contribution in [0.25, 0.3) is 0 Å². The van der Waals surface area contributed by atoms with Gasteiger partial charge in [-0.1, -0.05) is 0 Å². The molecule has 1 rings (SSSR count). The topological polar surface area (TPSA) is 40.5 Å². The molecule has 0 amide bonds. The molecule has 62 valence electrons. The first-order valence-corrected chi connectivity index (χ1v) is 3.86. The number of ketones is 1. The summed E-state index contributed by atoms with van der Waals surface area (Å²) in [5.74, 6) is 0.0180. The van der Waals surface area contributed by atoms with Crippen LogP contribution in [0.3, 0.4) is 0 Å². The van der Waals surface area contributed by atoms with E-state index in [-0.39, 0.29) is 11.7 Å². The normalized spacial score (nSPS) is 19.0. The highest BCUT2D eigenvalue weighted by Gasteiger charge is 2.13. The molecule has 1 saturated heterocycles. The molecular formula is C8H13NO2. The van der Waals surface area contributed by atoms with E-state index in [9.17, 15) is 9.90 Å². The molecule has 0 aromatic carbocycles. The number of likely N-dealkylation sites (tertiary alicyclic amines) is 1. The van der Waals surface area contributed by atoms with Gasteiger partial charge in [-0.15, -0.1) is 0 Å². The maximum absolute atomic E-state index is 10.5. The highest BCUT2D eigenvalue weighted by Crippen LogP contribution is 2.11. The average molecular weight is 155 g/mol. The molecular weight excluding hydrogens is 142 g/mol. The first-order chi connectivity index (χ1) is 5.20. The molecule has 0 aromatic rings. The lowest BCUT2D eigenvalue weighted by molar-refractivity contribution is -0.112. The van der Waals surface area contributed by atoms with Gasteiger partial charge in [0.15, 0.2) is 11.7 Å². The lowest BCUT2D eigenvalue weighted by Crippen LogP contribution is -2.18. The highest BCUT2D eigenvalue weighted by molar-refractivity contribution is 5.87. The van der Waals surface area contributed by atoms with Crippen molar-refractivity contribution in [2.24, 2.45) is 0 Å². The quantitative estimate of drug-likeness (QED) is 0.479. The van der Waals surface area contributed by atoms with Gasteiger partial charge in [-0.25, -0.2) is 0 Å². The standard InChI is InChI=1S/C8H13NO2/c1-7(10)6-8(11)9-4-2-3-5-9/h6,11H,2-5H2,1H3/b8-6-. The van der Waals surface area contributed by atoms with Crippen LogP contribution in [0.2, 0.25) is 0 Å². The maximum atomic E-state index is 10.5. The third kappa shape index (κ3) is 2.26. The van der Waals surface area contributed by atoms with E-state index in [2.05, 4.69) is 0 Å². The summed E-state index contributed by atoms with van der Waals surface area (Å²) in [4.78, 5) is 12.4. The molecule has 1 aliphatic rings. The van der Waals surface area contributed by atoms with Crippen molar-refractivity contribution < 1.29 is 9.90 Å². The Kier molecular flexibility index (Phi) is 2.52. The van der Waals surface area contributed by atoms with Gasteiger partial charge in [-0.3, -0.25) is 4.79 Å². The predicted octanol–water partition coefficient (Wildman–Crippen LogP) is 1.07. The lowest BCUT2D eigenvalue weighted by Gasteiger charge is -2.14. The largest absolute Gasteiger partial charge is 0.495 e. The van der Waals surface area contributed by atoms with Gasteiger partial charge in [0.05, 0.1) is 0 Å². The molecule has 0 aromatic heterocycles. The van der Waals surface area contributed by atoms with Gasteiger partial charge in [0.25, 0.3) is 0 Å². The van der Waals surface area contributed by atoms with Crippen molar-refractivity contribution in [1.82, 2.24) is 4.90 Å². The fourth-order valence-corrected chi connectivity index (χ4v) is 1.22. The van der Waals surface area contributed by atoms with Crippen LogP contribution < -0.4 is 0 Å². The number of rotatable bonds is 2. The molecule has 0 saturated carbocycles. The summed E-state index contributed by atoms with van der Waals surface area (Å²) < 4.78 is 0. The van der Waals surface area contributed by atoms with Crippen LogP contribution in [0.5, 0.6) is 0 Å². The van der Waals surface area contributed by atoms with Crippen molar-refractivity contribution in [3.8, 4) is 0 Å². The number of allylic oxidation sites excluding steroid dienone is 1. The van der Waals surface area contributed by atoms with Gasteiger partial charge < -0.3 is 10.0 Å². The van der Waals surface area contributed by atoms with Crippen molar-refractivity contribution in [2.75, 3.05) is 13.1 Å². The molecule has 0 radical (unpaired) electrons. The molecule has 1 N–H and O–H groups in total. The molecule has 3 heteroatoms. The Hall–Kier alpha value is -0.990. The average Bonchev–Trinajstić information content (AvgIpc) is 2.35. The fourth-order valence-electron chi connectivity index (χ4n) is 1.22. The van der Waals surface area contributed by atoms with Crippen molar-refractivity contribution in [3.63, 3.8) is 0 Å². The summed E-state index contributed by atoms with van der Waals surface area (Å²) >= 11 is 0. The van der Waals surface area contributed by atoms with E-state index in [1.165, 1.54) is 13.0 Å². The summed E-state index contributed by atoms with van der Waals surface area (Å²) in [5, 5.41) is 9.29. The van der Waals surface area contributed by atoms with Crippen molar-refractivity contribution >= 4 is 5.78 Å². The van der Waals surface area contributed by atoms with Crippen LogP contribution in [-0.2, 0) is 4.79 Å². The number of carbonyl (C=O) groups is 1. The third-order valence-electron chi connectivity index (χ3n) is 1.76. The summed E-state index contributed by atoms with van der Waals surface area (Å²) in [6, 6.07) is 0. The first kappa shape index (κ1) is 8.11. The summed E-state index contributed by atoms with van der Waals surface area (Å²) in [7, 11) is 0. The smallest absolute Gasteiger partial charge is 0.190 e.